The van der Waals surface area contributed by atoms with Crippen LogP contribution in [-0.2, 0) is 9.59 Å². The molecule has 5 rings (SSSR count). The van der Waals surface area contributed by atoms with Gasteiger partial charge in [0.15, 0.2) is 23.1 Å². The molecule has 1 amide bonds. The predicted molar refractivity (Wildman–Crippen MR) is 124 cm³/mol. The summed E-state index contributed by atoms with van der Waals surface area (Å²) in [5, 5.41) is 6.45. The van der Waals surface area contributed by atoms with Gasteiger partial charge >= 0.3 is 0 Å². The number of hydrogen-bond acceptors (Lipinski definition) is 7. The molecule has 0 unspecified atom stereocenters. The van der Waals surface area contributed by atoms with Crippen LogP contribution >= 0.6 is 11.6 Å². The third-order valence-electron chi connectivity index (χ3n) is 6.44. The Hall–Kier alpha value is -3.46. The van der Waals surface area contributed by atoms with Crippen molar-refractivity contribution in [3.8, 4) is 11.5 Å². The Bertz CT molecular complexity index is 1290. The number of ketones is 1. The maximum atomic E-state index is 14.4. The Balaban J connectivity index is 1.41. The Kier molecular flexibility index (Phi) is 5.73. The van der Waals surface area contributed by atoms with Gasteiger partial charge in [0.2, 0.25) is 5.91 Å². The Morgan fingerprint density at radius 3 is 2.68 bits per heavy atom. The lowest BCUT2D eigenvalue weighted by Gasteiger charge is -2.35. The average molecular weight is 485 g/mol. The first kappa shape index (κ1) is 22.3. The topological polar surface area (TPSA) is 102 Å². The number of nitrogens with zero attached hydrogens (tertiary/aromatic N) is 2. The normalized spacial score (nSPS) is 22.1. The molecule has 1 aromatic heterocycles. The molecule has 0 bridgehead atoms. The molecule has 1 spiro atoms. The van der Waals surface area contributed by atoms with Gasteiger partial charge in [-0.1, -0.05) is 17.7 Å². The summed E-state index contributed by atoms with van der Waals surface area (Å²) < 4.78 is 26.2. The number of Topliss-reactive ketones (excluding diaryl/α,β-unsaturated/α-hetero) is 1. The second-order valence-electron chi connectivity index (χ2n) is 8.52. The van der Waals surface area contributed by atoms with Gasteiger partial charge in [-0.3, -0.25) is 9.59 Å². The Labute approximate surface area is 199 Å². The van der Waals surface area contributed by atoms with Crippen LogP contribution in [-0.4, -0.2) is 40.4 Å². The van der Waals surface area contributed by atoms with Gasteiger partial charge in [-0.2, -0.15) is 0 Å². The van der Waals surface area contributed by atoms with E-state index < -0.39 is 11.4 Å². The number of halogens is 2. The summed E-state index contributed by atoms with van der Waals surface area (Å²) in [7, 11) is 1.54. The summed E-state index contributed by atoms with van der Waals surface area (Å²) >= 11 is 5.91. The molecule has 1 aliphatic carbocycles. The number of aromatic nitrogens is 2. The number of anilines is 2. The monoisotopic (exact) mass is 484 g/mol. The first-order chi connectivity index (χ1) is 16.4. The fourth-order valence-corrected chi connectivity index (χ4v) is 4.80. The van der Waals surface area contributed by atoms with Crippen LogP contribution in [0, 0.1) is 5.82 Å². The first-order valence-electron chi connectivity index (χ1n) is 10.9. The number of ether oxygens (including phenoxy) is 2. The summed E-state index contributed by atoms with van der Waals surface area (Å²) in [5.41, 5.74) is 0.0220. The number of carbonyl (C=O) groups excluding carboxylic acids is 2. The zero-order chi connectivity index (χ0) is 23.9. The molecule has 10 heteroatoms. The molecule has 2 aliphatic rings. The summed E-state index contributed by atoms with van der Waals surface area (Å²) in [4.78, 5) is 32.6. The van der Waals surface area contributed by atoms with Crippen LogP contribution < -0.4 is 20.1 Å². The van der Waals surface area contributed by atoms with Gasteiger partial charge < -0.3 is 20.1 Å². The van der Waals surface area contributed by atoms with Gasteiger partial charge in [0.25, 0.3) is 0 Å². The lowest BCUT2D eigenvalue weighted by atomic mass is 9.78. The highest BCUT2D eigenvalue weighted by molar-refractivity contribution is 6.31. The molecule has 2 heterocycles. The van der Waals surface area contributed by atoms with Crippen LogP contribution in [0.25, 0.3) is 10.9 Å². The molecular weight excluding hydrogens is 463 g/mol. The lowest BCUT2D eigenvalue weighted by molar-refractivity contribution is -0.124. The van der Waals surface area contributed by atoms with Crippen LogP contribution in [0.2, 0.25) is 5.02 Å². The molecule has 0 atom stereocenters. The van der Waals surface area contributed by atoms with Crippen molar-refractivity contribution in [3.63, 3.8) is 0 Å². The fourth-order valence-electron chi connectivity index (χ4n) is 4.62. The predicted octanol–water partition coefficient (Wildman–Crippen LogP) is 4.32. The Morgan fingerprint density at radius 1 is 1.18 bits per heavy atom. The highest BCUT2D eigenvalue weighted by atomic mass is 35.5. The number of carbonyl (C=O) groups is 2. The summed E-state index contributed by atoms with van der Waals surface area (Å²) in [6, 6.07) is 8.16. The summed E-state index contributed by atoms with van der Waals surface area (Å²) in [6.07, 6.45) is 3.45. The van der Waals surface area contributed by atoms with E-state index in [0.29, 0.717) is 53.9 Å². The minimum Gasteiger partial charge on any atom is -0.493 e. The van der Waals surface area contributed by atoms with E-state index in [0.717, 1.165) is 0 Å². The van der Waals surface area contributed by atoms with Crippen molar-refractivity contribution in [3.05, 3.63) is 47.5 Å². The largest absolute Gasteiger partial charge is 0.493 e. The maximum absolute atomic E-state index is 14.4. The first-order valence-corrected chi connectivity index (χ1v) is 11.3. The highest BCUT2D eigenvalue weighted by Crippen LogP contribution is 2.39. The summed E-state index contributed by atoms with van der Waals surface area (Å²) in [5.74, 6) is 0.544. The van der Waals surface area contributed by atoms with E-state index in [-0.39, 0.29) is 34.9 Å². The van der Waals surface area contributed by atoms with Crippen LogP contribution in [0.1, 0.15) is 32.1 Å². The molecule has 1 aliphatic heterocycles. The second-order valence-corrected chi connectivity index (χ2v) is 8.92. The summed E-state index contributed by atoms with van der Waals surface area (Å²) in [6.45, 7) is 0. The number of hydrogen-bond donors (Lipinski definition) is 2. The number of benzene rings is 2. The number of nitrogens with one attached hydrogen (secondary N) is 2. The Morgan fingerprint density at radius 2 is 1.97 bits per heavy atom. The number of rotatable bonds is 5. The van der Waals surface area contributed by atoms with E-state index in [4.69, 9.17) is 21.1 Å². The van der Waals surface area contributed by atoms with Crippen molar-refractivity contribution in [1.82, 2.24) is 15.3 Å². The van der Waals surface area contributed by atoms with Gasteiger partial charge in [0.05, 0.1) is 41.4 Å². The molecule has 176 valence electrons. The smallest absolute Gasteiger partial charge is 0.228 e. The molecule has 3 aromatic rings. The van der Waals surface area contributed by atoms with Gasteiger partial charge in [0, 0.05) is 11.5 Å². The van der Waals surface area contributed by atoms with Crippen molar-refractivity contribution >= 4 is 45.7 Å². The third-order valence-corrected chi connectivity index (χ3v) is 6.73. The fraction of sp³-hybridized carbons (Fsp3) is 0.333. The third kappa shape index (κ3) is 4.00. The van der Waals surface area contributed by atoms with Crippen LogP contribution in [0.4, 0.5) is 15.9 Å². The van der Waals surface area contributed by atoms with E-state index in [1.807, 2.05) is 0 Å². The standard InChI is InChI=1S/C24H22ClFN4O4/c1-33-18-10-17-14(23(28-12-27-17)29-16-4-2-3-15(25)22(16)26)9-19(18)34-13-5-7-24(8-6-13)20(31)11-21(32)30-24/h2-4,9-10,12-13H,5-8,11H2,1H3,(H,30,32)(H,27,28,29)/t13-,24-. The van der Waals surface area contributed by atoms with E-state index in [1.54, 1.807) is 24.3 Å². The minimum atomic E-state index is -0.754. The molecule has 0 radical (unpaired) electrons. The highest BCUT2D eigenvalue weighted by Gasteiger charge is 2.48. The molecule has 2 aromatic carbocycles. The quantitative estimate of drug-likeness (QED) is 0.520. The molecule has 1 saturated heterocycles. The van der Waals surface area contributed by atoms with Crippen LogP contribution in [0.3, 0.4) is 0 Å². The van der Waals surface area contributed by atoms with E-state index >= 15 is 0 Å². The van der Waals surface area contributed by atoms with E-state index in [1.165, 1.54) is 19.5 Å². The number of fused-ring (bicyclic) bond motifs is 1. The zero-order valence-electron chi connectivity index (χ0n) is 18.4. The molecule has 2 N–H and O–H groups in total. The lowest BCUT2D eigenvalue weighted by Crippen LogP contribution is -2.50. The van der Waals surface area contributed by atoms with Crippen LogP contribution in [0.5, 0.6) is 11.5 Å². The molecule has 8 nitrogen and oxygen atoms in total. The van der Waals surface area contributed by atoms with Gasteiger partial charge in [-0.25, -0.2) is 14.4 Å². The number of methoxy groups -OCH3 is 1. The van der Waals surface area contributed by atoms with Crippen molar-refractivity contribution < 1.29 is 23.5 Å². The van der Waals surface area contributed by atoms with Crippen molar-refractivity contribution in [2.75, 3.05) is 12.4 Å². The number of amides is 1. The second kappa shape index (κ2) is 8.72. The van der Waals surface area contributed by atoms with E-state index in [2.05, 4.69) is 20.6 Å². The molecule has 34 heavy (non-hydrogen) atoms. The van der Waals surface area contributed by atoms with Gasteiger partial charge in [0.1, 0.15) is 12.1 Å². The van der Waals surface area contributed by atoms with Crippen molar-refractivity contribution in [2.45, 2.75) is 43.7 Å². The molecular formula is C24H22ClFN4O4. The van der Waals surface area contributed by atoms with Crippen molar-refractivity contribution in [2.24, 2.45) is 0 Å². The van der Waals surface area contributed by atoms with Gasteiger partial charge in [-0.05, 0) is 43.9 Å². The molecule has 2 fully saturated rings. The maximum Gasteiger partial charge on any atom is 0.228 e. The van der Waals surface area contributed by atoms with Crippen LogP contribution in [0.15, 0.2) is 36.7 Å². The minimum absolute atomic E-state index is 0.000979. The SMILES string of the molecule is COc1cc2ncnc(Nc3cccc(Cl)c3F)c2cc1O[C@H]1CC[C@@]2(CC1)NC(=O)CC2=O. The zero-order valence-corrected chi connectivity index (χ0v) is 19.1. The van der Waals surface area contributed by atoms with E-state index in [9.17, 15) is 14.0 Å². The van der Waals surface area contributed by atoms with Gasteiger partial charge in [-0.15, -0.1) is 0 Å². The average Bonchev–Trinajstić information content (AvgIpc) is 3.10. The molecule has 1 saturated carbocycles. The van der Waals surface area contributed by atoms with Crippen molar-refractivity contribution in [1.29, 1.82) is 0 Å².